The summed E-state index contributed by atoms with van der Waals surface area (Å²) in [5.74, 6) is -2.45. The molecule has 0 saturated heterocycles. The number of aromatic hydroxyl groups is 4. The van der Waals surface area contributed by atoms with E-state index in [4.69, 9.17) is 14.2 Å². The van der Waals surface area contributed by atoms with Crippen molar-refractivity contribution in [3.63, 3.8) is 0 Å². The van der Waals surface area contributed by atoms with E-state index in [1.165, 1.54) is 19.2 Å². The molecule has 3 aromatic carbocycles. The van der Waals surface area contributed by atoms with Crippen LogP contribution in [0.5, 0.6) is 40.2 Å². The van der Waals surface area contributed by atoms with Crippen LogP contribution in [0, 0.1) is 0 Å². The predicted octanol–water partition coefficient (Wildman–Crippen LogP) is 2.40. The third-order valence-corrected chi connectivity index (χ3v) is 6.31. The number of hydrogen-bond donors (Lipinski definition) is 6. The number of carbonyl (C=O) groups is 1. The number of phenols is 4. The summed E-state index contributed by atoms with van der Waals surface area (Å²) in [5.41, 5.74) is 0.976. The monoisotopic (exact) mass is 482 g/mol. The minimum Gasteiger partial charge on any atom is -0.508 e. The molecule has 0 aliphatic carbocycles. The van der Waals surface area contributed by atoms with Crippen LogP contribution in [0.3, 0.4) is 0 Å². The number of ether oxygens (including phenoxy) is 3. The summed E-state index contributed by atoms with van der Waals surface area (Å²) in [6, 6.07) is 9.56. The van der Waals surface area contributed by atoms with Gasteiger partial charge in [0.05, 0.1) is 19.6 Å². The number of benzene rings is 3. The first-order chi connectivity index (χ1) is 16.7. The number of aliphatic hydroxyl groups is 2. The molecule has 6 N–H and O–H groups in total. The van der Waals surface area contributed by atoms with Gasteiger partial charge in [0.1, 0.15) is 28.9 Å². The van der Waals surface area contributed by atoms with E-state index in [-0.39, 0.29) is 52.2 Å². The van der Waals surface area contributed by atoms with Crippen LogP contribution in [0.4, 0.5) is 0 Å². The van der Waals surface area contributed by atoms with Gasteiger partial charge in [-0.1, -0.05) is 6.07 Å². The number of aliphatic hydroxyl groups excluding tert-OH is 2. The Morgan fingerprint density at radius 1 is 0.886 bits per heavy atom. The molecule has 2 aliphatic rings. The van der Waals surface area contributed by atoms with Crippen LogP contribution < -0.4 is 14.2 Å². The number of fused-ring (bicyclic) bond motifs is 2. The lowest BCUT2D eigenvalue weighted by atomic mass is 9.87. The van der Waals surface area contributed by atoms with E-state index in [0.717, 1.165) is 12.1 Å². The van der Waals surface area contributed by atoms with E-state index in [1.54, 1.807) is 18.2 Å². The van der Waals surface area contributed by atoms with Crippen LogP contribution >= 0.6 is 0 Å². The van der Waals surface area contributed by atoms with E-state index in [2.05, 4.69) is 0 Å². The molecule has 0 aromatic heterocycles. The Morgan fingerprint density at radius 3 is 2.37 bits per heavy atom. The molecule has 0 saturated carbocycles. The average Bonchev–Trinajstić information content (AvgIpc) is 3.20. The van der Waals surface area contributed by atoms with Crippen molar-refractivity contribution in [1.82, 2.24) is 0 Å². The molecule has 35 heavy (non-hydrogen) atoms. The molecule has 2 heterocycles. The van der Waals surface area contributed by atoms with Crippen LogP contribution in [0.2, 0.25) is 0 Å². The molecular weight excluding hydrogens is 460 g/mol. The van der Waals surface area contributed by atoms with Gasteiger partial charge in [0.15, 0.2) is 35.2 Å². The van der Waals surface area contributed by atoms with Crippen molar-refractivity contribution in [2.75, 3.05) is 13.7 Å². The number of Topliss-reactive ketones (excluding diaryl/α,β-unsaturated/α-hetero) is 1. The molecule has 10 heteroatoms. The second-order valence-electron chi connectivity index (χ2n) is 8.40. The summed E-state index contributed by atoms with van der Waals surface area (Å²) in [4.78, 5) is 12.8. The Bertz CT molecular complexity index is 1330. The van der Waals surface area contributed by atoms with Crippen LogP contribution in [-0.4, -0.2) is 56.2 Å². The number of phenolic OH excluding ortho intramolecular Hbond substituents is 4. The van der Waals surface area contributed by atoms with Crippen molar-refractivity contribution in [2.24, 2.45) is 0 Å². The largest absolute Gasteiger partial charge is 0.508 e. The molecule has 0 bridgehead atoms. The first-order valence-corrected chi connectivity index (χ1v) is 10.7. The SMILES string of the molecule is COc1cc([C@H]2Oc3c(O)cc([C@H]4Oc5cc(O)cc(O)c5C(=O)[C@H]4O)cc3[C@H]2CO)ccc1O. The molecule has 10 nitrogen and oxygen atoms in total. The van der Waals surface area contributed by atoms with Crippen LogP contribution in [0.25, 0.3) is 0 Å². The number of methoxy groups -OCH3 is 1. The lowest BCUT2D eigenvalue weighted by Gasteiger charge is -2.30. The molecule has 0 fully saturated rings. The van der Waals surface area contributed by atoms with Crippen LogP contribution in [0.15, 0.2) is 42.5 Å². The zero-order chi connectivity index (χ0) is 25.0. The highest BCUT2D eigenvalue weighted by molar-refractivity contribution is 6.05. The summed E-state index contributed by atoms with van der Waals surface area (Å²) in [7, 11) is 1.40. The quantitative estimate of drug-likeness (QED) is 0.325. The number of carbonyl (C=O) groups excluding carboxylic acids is 1. The fourth-order valence-corrected chi connectivity index (χ4v) is 4.63. The standard InChI is InChI=1S/C25H22O10/c1-33-18-6-10(2-3-15(18)28)23-14(9-26)13-4-11(5-17(30)25(13)35-23)24-22(32)21(31)20-16(29)7-12(27)8-19(20)34-24/h2-8,14,22-24,26-30,32H,9H2,1H3/t14-,22-,23-,24-/m1/s1. The summed E-state index contributed by atoms with van der Waals surface area (Å²) in [5, 5.41) is 61.3. The molecule has 4 atom stereocenters. The average molecular weight is 482 g/mol. The smallest absolute Gasteiger partial charge is 0.202 e. The molecule has 0 radical (unpaired) electrons. The zero-order valence-corrected chi connectivity index (χ0v) is 18.4. The van der Waals surface area contributed by atoms with Crippen molar-refractivity contribution in [1.29, 1.82) is 0 Å². The Balaban J connectivity index is 1.54. The van der Waals surface area contributed by atoms with E-state index in [9.17, 15) is 35.4 Å². The lowest BCUT2D eigenvalue weighted by Crippen LogP contribution is -2.36. The Kier molecular flexibility index (Phi) is 5.34. The third kappa shape index (κ3) is 3.54. The van der Waals surface area contributed by atoms with E-state index in [0.29, 0.717) is 11.1 Å². The van der Waals surface area contributed by atoms with Gasteiger partial charge in [-0.2, -0.15) is 0 Å². The molecule has 0 spiro atoms. The van der Waals surface area contributed by atoms with Crippen LogP contribution in [0.1, 0.15) is 45.2 Å². The maximum Gasteiger partial charge on any atom is 0.202 e. The van der Waals surface area contributed by atoms with E-state index in [1.807, 2.05) is 0 Å². The number of hydrogen-bond acceptors (Lipinski definition) is 10. The Labute approximate surface area is 198 Å². The van der Waals surface area contributed by atoms with E-state index >= 15 is 0 Å². The van der Waals surface area contributed by atoms with E-state index < -0.39 is 35.8 Å². The molecule has 182 valence electrons. The Hall–Kier alpha value is -4.15. The van der Waals surface area contributed by atoms with Gasteiger partial charge in [0, 0.05) is 17.7 Å². The fraction of sp³-hybridized carbons (Fsp3) is 0.240. The zero-order valence-electron chi connectivity index (χ0n) is 18.4. The topological polar surface area (TPSA) is 166 Å². The summed E-state index contributed by atoms with van der Waals surface area (Å²) >= 11 is 0. The Morgan fingerprint density at radius 2 is 1.66 bits per heavy atom. The van der Waals surface area contributed by atoms with Crippen molar-refractivity contribution in [3.8, 4) is 40.2 Å². The third-order valence-electron chi connectivity index (χ3n) is 6.31. The maximum atomic E-state index is 12.8. The van der Waals surface area contributed by atoms with Gasteiger partial charge in [-0.25, -0.2) is 0 Å². The number of rotatable bonds is 4. The first-order valence-electron chi connectivity index (χ1n) is 10.7. The molecular formula is C25H22O10. The normalized spacial score (nSPS) is 22.7. The second-order valence-corrected chi connectivity index (χ2v) is 8.40. The van der Waals surface area contributed by atoms with Crippen molar-refractivity contribution in [3.05, 3.63) is 64.7 Å². The van der Waals surface area contributed by atoms with Gasteiger partial charge < -0.3 is 44.8 Å². The minimum absolute atomic E-state index is 0.0668. The molecule has 0 unspecified atom stereocenters. The minimum atomic E-state index is -1.71. The van der Waals surface area contributed by atoms with Gasteiger partial charge in [-0.05, 0) is 35.4 Å². The molecule has 3 aromatic rings. The highest BCUT2D eigenvalue weighted by atomic mass is 16.5. The maximum absolute atomic E-state index is 12.8. The molecule has 2 aliphatic heterocycles. The molecule has 0 amide bonds. The van der Waals surface area contributed by atoms with Crippen molar-refractivity contribution < 1.29 is 49.6 Å². The first kappa shape index (κ1) is 22.6. The fourth-order valence-electron chi connectivity index (χ4n) is 4.63. The van der Waals surface area contributed by atoms with Gasteiger partial charge in [0.2, 0.25) is 5.78 Å². The van der Waals surface area contributed by atoms with Crippen molar-refractivity contribution in [2.45, 2.75) is 24.2 Å². The summed E-state index contributed by atoms with van der Waals surface area (Å²) in [6.45, 7) is -0.360. The predicted molar refractivity (Wildman–Crippen MR) is 119 cm³/mol. The van der Waals surface area contributed by atoms with Gasteiger partial charge >= 0.3 is 0 Å². The van der Waals surface area contributed by atoms with Crippen LogP contribution in [-0.2, 0) is 0 Å². The second kappa shape index (κ2) is 8.26. The van der Waals surface area contributed by atoms with Crippen molar-refractivity contribution >= 4 is 5.78 Å². The van der Waals surface area contributed by atoms with Gasteiger partial charge in [-0.15, -0.1) is 0 Å². The molecule has 5 rings (SSSR count). The highest BCUT2D eigenvalue weighted by Crippen LogP contribution is 2.52. The lowest BCUT2D eigenvalue weighted by molar-refractivity contribution is 0.0209. The number of ketones is 1. The van der Waals surface area contributed by atoms with Gasteiger partial charge in [0.25, 0.3) is 0 Å². The highest BCUT2D eigenvalue weighted by Gasteiger charge is 2.42. The summed E-state index contributed by atoms with van der Waals surface area (Å²) < 4.78 is 16.9. The van der Waals surface area contributed by atoms with Gasteiger partial charge in [-0.3, -0.25) is 4.79 Å². The summed E-state index contributed by atoms with van der Waals surface area (Å²) in [6.07, 6.45) is -3.69.